The number of aromatic nitrogens is 1. The fourth-order valence-electron chi connectivity index (χ4n) is 2.20. The van der Waals surface area contributed by atoms with Crippen molar-refractivity contribution in [3.05, 3.63) is 52.9 Å². The molecule has 1 N–H and O–H groups in total. The molecule has 0 bridgehead atoms. The summed E-state index contributed by atoms with van der Waals surface area (Å²) in [4.78, 5) is 11.9. The van der Waals surface area contributed by atoms with Gasteiger partial charge in [-0.05, 0) is 41.7 Å². The summed E-state index contributed by atoms with van der Waals surface area (Å²) < 4.78 is 15.9. The van der Waals surface area contributed by atoms with Gasteiger partial charge in [-0.1, -0.05) is 26.0 Å². The minimum absolute atomic E-state index is 0.0216. The molecule has 1 heterocycles. The summed E-state index contributed by atoms with van der Waals surface area (Å²) in [6.07, 6.45) is 4.46. The van der Waals surface area contributed by atoms with E-state index < -0.39 is 11.0 Å². The van der Waals surface area contributed by atoms with E-state index in [0.29, 0.717) is 5.92 Å². The van der Waals surface area contributed by atoms with Crippen molar-refractivity contribution in [2.75, 3.05) is 11.0 Å². The molecule has 0 aliphatic heterocycles. The SMILES string of the molecule is CC(C)CCn1cc(-c2cccc(NS(C)=O)c2)ccc1=O. The molecule has 0 radical (unpaired) electrons. The quantitative estimate of drug-likeness (QED) is 0.889. The number of hydrogen-bond donors (Lipinski definition) is 1. The van der Waals surface area contributed by atoms with Crippen molar-refractivity contribution >= 4 is 16.7 Å². The molecule has 4 nitrogen and oxygen atoms in total. The second-order valence-electron chi connectivity index (χ2n) is 5.77. The van der Waals surface area contributed by atoms with Crippen molar-refractivity contribution in [1.29, 1.82) is 0 Å². The van der Waals surface area contributed by atoms with E-state index in [9.17, 15) is 9.00 Å². The Kier molecular flexibility index (Phi) is 5.55. The van der Waals surface area contributed by atoms with Gasteiger partial charge in [-0.3, -0.25) is 4.79 Å². The molecule has 0 saturated heterocycles. The van der Waals surface area contributed by atoms with Gasteiger partial charge in [0.1, 0.15) is 11.0 Å². The smallest absolute Gasteiger partial charge is 0.250 e. The summed E-state index contributed by atoms with van der Waals surface area (Å²) >= 11 is 0. The van der Waals surface area contributed by atoms with Crippen molar-refractivity contribution in [3.63, 3.8) is 0 Å². The lowest BCUT2D eigenvalue weighted by Gasteiger charge is -2.11. The van der Waals surface area contributed by atoms with Gasteiger partial charge >= 0.3 is 0 Å². The molecule has 0 aliphatic rings. The van der Waals surface area contributed by atoms with Gasteiger partial charge in [-0.25, -0.2) is 4.21 Å². The van der Waals surface area contributed by atoms with E-state index in [0.717, 1.165) is 29.8 Å². The van der Waals surface area contributed by atoms with Gasteiger partial charge in [0.25, 0.3) is 5.56 Å². The van der Waals surface area contributed by atoms with E-state index in [1.54, 1.807) is 16.9 Å². The highest BCUT2D eigenvalue weighted by Crippen LogP contribution is 2.22. The first-order chi connectivity index (χ1) is 10.5. The summed E-state index contributed by atoms with van der Waals surface area (Å²) in [5, 5.41) is 0. The largest absolute Gasteiger partial charge is 0.315 e. The van der Waals surface area contributed by atoms with Crippen molar-refractivity contribution in [3.8, 4) is 11.1 Å². The zero-order chi connectivity index (χ0) is 16.1. The average Bonchev–Trinajstić information content (AvgIpc) is 2.46. The van der Waals surface area contributed by atoms with Crippen molar-refractivity contribution in [1.82, 2.24) is 4.57 Å². The summed E-state index contributed by atoms with van der Waals surface area (Å²) in [7, 11) is -1.10. The number of aryl methyl sites for hydroxylation is 1. The average molecular weight is 318 g/mol. The molecule has 22 heavy (non-hydrogen) atoms. The van der Waals surface area contributed by atoms with E-state index in [1.807, 2.05) is 36.5 Å². The number of anilines is 1. The highest BCUT2D eigenvalue weighted by molar-refractivity contribution is 7.85. The first kappa shape index (κ1) is 16.5. The lowest BCUT2D eigenvalue weighted by atomic mass is 10.1. The van der Waals surface area contributed by atoms with Gasteiger partial charge in [0.15, 0.2) is 0 Å². The van der Waals surface area contributed by atoms with Crippen LogP contribution in [-0.4, -0.2) is 15.0 Å². The number of nitrogens with one attached hydrogen (secondary N) is 1. The Balaban J connectivity index is 2.30. The van der Waals surface area contributed by atoms with Gasteiger partial charge in [0.05, 0.1) is 0 Å². The van der Waals surface area contributed by atoms with Gasteiger partial charge in [0.2, 0.25) is 0 Å². The molecule has 1 atom stereocenters. The Morgan fingerprint density at radius 1 is 1.18 bits per heavy atom. The monoisotopic (exact) mass is 318 g/mol. The molecule has 5 heteroatoms. The van der Waals surface area contributed by atoms with E-state index in [2.05, 4.69) is 18.6 Å². The van der Waals surface area contributed by atoms with Crippen LogP contribution < -0.4 is 10.3 Å². The van der Waals surface area contributed by atoms with E-state index >= 15 is 0 Å². The highest BCUT2D eigenvalue weighted by atomic mass is 32.2. The zero-order valence-corrected chi connectivity index (χ0v) is 14.0. The highest BCUT2D eigenvalue weighted by Gasteiger charge is 2.04. The third-order valence-electron chi connectivity index (χ3n) is 3.39. The summed E-state index contributed by atoms with van der Waals surface area (Å²) in [6.45, 7) is 5.02. The summed E-state index contributed by atoms with van der Waals surface area (Å²) in [5.41, 5.74) is 2.80. The first-order valence-corrected chi connectivity index (χ1v) is 8.92. The molecule has 118 valence electrons. The molecule has 0 aliphatic carbocycles. The number of hydrogen-bond acceptors (Lipinski definition) is 2. The molecule has 2 rings (SSSR count). The Bertz CT molecular complexity index is 723. The van der Waals surface area contributed by atoms with Crippen molar-refractivity contribution in [2.24, 2.45) is 5.92 Å². The van der Waals surface area contributed by atoms with Gasteiger partial charge < -0.3 is 9.29 Å². The standard InChI is InChI=1S/C17H22N2O2S/c1-13(2)9-10-19-12-15(7-8-17(19)20)14-5-4-6-16(11-14)18-22(3)21/h4-8,11-13,18H,9-10H2,1-3H3. The van der Waals surface area contributed by atoms with Crippen LogP contribution in [0.15, 0.2) is 47.4 Å². The molecular weight excluding hydrogens is 296 g/mol. The normalized spacial score (nSPS) is 12.4. The van der Waals surface area contributed by atoms with Gasteiger partial charge in [-0.2, -0.15) is 0 Å². The number of rotatable bonds is 6. The van der Waals surface area contributed by atoms with Crippen LogP contribution in [0.5, 0.6) is 0 Å². The molecule has 2 aromatic rings. The Labute approximate surface area is 133 Å². The van der Waals surface area contributed by atoms with Gasteiger partial charge in [0, 0.05) is 30.8 Å². The van der Waals surface area contributed by atoms with Crippen LogP contribution in [0, 0.1) is 5.92 Å². The number of nitrogens with zero attached hydrogens (tertiary/aromatic N) is 1. The minimum atomic E-state index is -1.10. The maximum absolute atomic E-state index is 11.9. The van der Waals surface area contributed by atoms with E-state index in [-0.39, 0.29) is 5.56 Å². The van der Waals surface area contributed by atoms with Crippen LogP contribution >= 0.6 is 0 Å². The van der Waals surface area contributed by atoms with E-state index in [4.69, 9.17) is 0 Å². The molecule has 1 unspecified atom stereocenters. The third-order valence-corrected chi connectivity index (χ3v) is 3.91. The predicted octanol–water partition coefficient (Wildman–Crippen LogP) is 3.27. The molecule has 0 fully saturated rings. The number of benzene rings is 1. The van der Waals surface area contributed by atoms with E-state index in [1.165, 1.54) is 0 Å². The van der Waals surface area contributed by atoms with Crippen LogP contribution in [0.2, 0.25) is 0 Å². The minimum Gasteiger partial charge on any atom is -0.315 e. The number of pyridine rings is 1. The van der Waals surface area contributed by atoms with Crippen molar-refractivity contribution < 1.29 is 4.21 Å². The third kappa shape index (κ3) is 4.56. The fourth-order valence-corrected chi connectivity index (χ4v) is 2.66. The summed E-state index contributed by atoms with van der Waals surface area (Å²) in [6, 6.07) is 11.1. The predicted molar refractivity (Wildman–Crippen MR) is 93.3 cm³/mol. The fraction of sp³-hybridized carbons (Fsp3) is 0.353. The zero-order valence-electron chi connectivity index (χ0n) is 13.2. The molecule has 0 saturated carbocycles. The molecule has 1 aromatic heterocycles. The van der Waals surface area contributed by atoms with Crippen LogP contribution in [0.25, 0.3) is 11.1 Å². The Hall–Kier alpha value is -1.88. The first-order valence-electron chi connectivity index (χ1n) is 7.36. The van der Waals surface area contributed by atoms with Crippen LogP contribution in [0.4, 0.5) is 5.69 Å². The molecule has 0 spiro atoms. The van der Waals surface area contributed by atoms with Crippen molar-refractivity contribution in [2.45, 2.75) is 26.8 Å². The topological polar surface area (TPSA) is 51.1 Å². The summed E-state index contributed by atoms with van der Waals surface area (Å²) in [5.74, 6) is 0.558. The lowest BCUT2D eigenvalue weighted by Crippen LogP contribution is -2.19. The van der Waals surface area contributed by atoms with Crippen LogP contribution in [0.3, 0.4) is 0 Å². The maximum Gasteiger partial charge on any atom is 0.250 e. The van der Waals surface area contributed by atoms with Crippen LogP contribution in [0.1, 0.15) is 20.3 Å². The molecule has 0 amide bonds. The molecule has 1 aromatic carbocycles. The van der Waals surface area contributed by atoms with Gasteiger partial charge in [-0.15, -0.1) is 0 Å². The second kappa shape index (κ2) is 7.40. The van der Waals surface area contributed by atoms with Crippen LogP contribution in [-0.2, 0) is 17.5 Å². The Morgan fingerprint density at radius 3 is 2.64 bits per heavy atom. The molecular formula is C17H22N2O2S. The maximum atomic E-state index is 11.9. The lowest BCUT2D eigenvalue weighted by molar-refractivity contribution is 0.508. The second-order valence-corrected chi connectivity index (χ2v) is 6.88. The Morgan fingerprint density at radius 2 is 1.95 bits per heavy atom.